The fourth-order valence-electron chi connectivity index (χ4n) is 0.900. The third-order valence-corrected chi connectivity index (χ3v) is 1.46. The zero-order valence-electron chi connectivity index (χ0n) is 6.15. The highest BCUT2D eigenvalue weighted by atomic mass is 15.1. The van der Waals surface area contributed by atoms with Crippen LogP contribution in [0.5, 0.6) is 0 Å². The highest BCUT2D eigenvalue weighted by Gasteiger charge is 1.98. The van der Waals surface area contributed by atoms with Crippen LogP contribution in [0, 0.1) is 6.20 Å². The van der Waals surface area contributed by atoms with Gasteiger partial charge in [-0.25, -0.2) is 15.0 Å². The lowest BCUT2D eigenvalue weighted by molar-refractivity contribution is 1.00. The zero-order chi connectivity index (χ0) is 7.68. The number of aryl methyl sites for hydroxylation is 1. The fraction of sp³-hybridized carbons (Fsp3) is 0.286. The van der Waals surface area contributed by atoms with Gasteiger partial charge in [0.05, 0.1) is 11.9 Å². The van der Waals surface area contributed by atoms with Crippen LogP contribution in [-0.2, 0) is 6.42 Å². The molecule has 0 saturated carbocycles. The molecule has 2 aromatic heterocycles. The maximum Gasteiger partial charge on any atom is 0.237 e. The summed E-state index contributed by atoms with van der Waals surface area (Å²) in [6.07, 6.45) is 7.03. The van der Waals surface area contributed by atoms with E-state index in [0.717, 1.165) is 12.1 Å². The molecule has 4 heteroatoms. The molecule has 0 fully saturated rings. The van der Waals surface area contributed by atoms with Crippen molar-refractivity contribution in [2.75, 3.05) is 0 Å². The van der Waals surface area contributed by atoms with E-state index < -0.39 is 0 Å². The van der Waals surface area contributed by atoms with E-state index in [0.29, 0.717) is 5.78 Å². The molecule has 1 radical (unpaired) electrons. The molecular formula is C7H7N4. The summed E-state index contributed by atoms with van der Waals surface area (Å²) in [6.45, 7) is 2.03. The molecule has 0 aromatic carbocycles. The lowest BCUT2D eigenvalue weighted by Gasteiger charge is -1.84. The third-order valence-electron chi connectivity index (χ3n) is 1.46. The van der Waals surface area contributed by atoms with Crippen molar-refractivity contribution in [3.63, 3.8) is 0 Å². The van der Waals surface area contributed by atoms with Crippen molar-refractivity contribution in [3.8, 4) is 0 Å². The second-order valence-corrected chi connectivity index (χ2v) is 2.20. The standard InChI is InChI=1S/C7H7N4/c1-2-6-3-11-5-8-4-9-7(11)10-6/h4-5H,2H2,1H3. The average molecular weight is 147 g/mol. The molecule has 2 rings (SSSR count). The van der Waals surface area contributed by atoms with E-state index in [1.54, 1.807) is 10.7 Å². The van der Waals surface area contributed by atoms with E-state index in [-0.39, 0.29) is 0 Å². The highest BCUT2D eigenvalue weighted by molar-refractivity contribution is 5.27. The molecule has 11 heavy (non-hydrogen) atoms. The van der Waals surface area contributed by atoms with Crippen LogP contribution in [0.2, 0.25) is 0 Å². The number of hydrogen-bond donors (Lipinski definition) is 0. The van der Waals surface area contributed by atoms with Gasteiger partial charge in [0.1, 0.15) is 12.7 Å². The monoisotopic (exact) mass is 147 g/mol. The highest BCUT2D eigenvalue weighted by Crippen LogP contribution is 1.98. The molecule has 2 aromatic rings. The Bertz CT molecular complexity index is 332. The van der Waals surface area contributed by atoms with Crippen LogP contribution in [-0.4, -0.2) is 19.4 Å². The SMILES string of the molecule is CCc1[c]n2cncnc2n1. The van der Waals surface area contributed by atoms with Crippen molar-refractivity contribution in [1.82, 2.24) is 19.4 Å². The van der Waals surface area contributed by atoms with Crippen molar-refractivity contribution in [3.05, 3.63) is 24.5 Å². The predicted molar refractivity (Wildman–Crippen MR) is 39.0 cm³/mol. The Labute approximate surface area is 63.9 Å². The molecule has 2 heterocycles. The van der Waals surface area contributed by atoms with Gasteiger partial charge in [-0.2, -0.15) is 0 Å². The van der Waals surface area contributed by atoms with Crippen LogP contribution in [0.25, 0.3) is 5.78 Å². The van der Waals surface area contributed by atoms with Crippen molar-refractivity contribution in [1.29, 1.82) is 0 Å². The van der Waals surface area contributed by atoms with Gasteiger partial charge in [-0.15, -0.1) is 0 Å². The molecule has 55 valence electrons. The van der Waals surface area contributed by atoms with E-state index in [2.05, 4.69) is 21.1 Å². The van der Waals surface area contributed by atoms with E-state index >= 15 is 0 Å². The lowest BCUT2D eigenvalue weighted by Crippen LogP contribution is -1.87. The fourth-order valence-corrected chi connectivity index (χ4v) is 0.900. The Balaban J connectivity index is 2.69. The van der Waals surface area contributed by atoms with E-state index in [9.17, 15) is 0 Å². The largest absolute Gasteiger partial charge is 0.265 e. The molecule has 4 nitrogen and oxygen atoms in total. The molecule has 0 unspecified atom stereocenters. The summed E-state index contributed by atoms with van der Waals surface area (Å²) in [6, 6.07) is 0. The van der Waals surface area contributed by atoms with Gasteiger partial charge in [-0.1, -0.05) is 6.92 Å². The first kappa shape index (κ1) is 6.27. The minimum atomic E-state index is 0.664. The lowest BCUT2D eigenvalue weighted by atomic mass is 10.4. The zero-order valence-corrected chi connectivity index (χ0v) is 6.15. The van der Waals surface area contributed by atoms with Gasteiger partial charge in [0.2, 0.25) is 5.78 Å². The maximum atomic E-state index is 4.19. The van der Waals surface area contributed by atoms with Crippen molar-refractivity contribution in [2.24, 2.45) is 0 Å². The number of nitrogens with zero attached hydrogens (tertiary/aromatic N) is 4. The first-order valence-electron chi connectivity index (χ1n) is 3.46. The normalized spacial score (nSPS) is 10.6. The summed E-state index contributed by atoms with van der Waals surface area (Å²) < 4.78 is 1.69. The van der Waals surface area contributed by atoms with Crippen LogP contribution in [0.3, 0.4) is 0 Å². The second-order valence-electron chi connectivity index (χ2n) is 2.20. The number of rotatable bonds is 1. The topological polar surface area (TPSA) is 43.1 Å². The van der Waals surface area contributed by atoms with Crippen molar-refractivity contribution in [2.45, 2.75) is 13.3 Å². The summed E-state index contributed by atoms with van der Waals surface area (Å²) in [5, 5.41) is 0. The summed E-state index contributed by atoms with van der Waals surface area (Å²) in [5.41, 5.74) is 0.922. The number of imidazole rings is 1. The van der Waals surface area contributed by atoms with Crippen molar-refractivity contribution < 1.29 is 0 Å². The molecule has 0 bridgehead atoms. The predicted octanol–water partition coefficient (Wildman–Crippen LogP) is 0.487. The van der Waals surface area contributed by atoms with Crippen LogP contribution in [0.4, 0.5) is 0 Å². The van der Waals surface area contributed by atoms with E-state index in [1.807, 2.05) is 6.92 Å². The molecule has 0 aliphatic carbocycles. The summed E-state index contributed by atoms with van der Waals surface area (Å²) in [4.78, 5) is 12.0. The third kappa shape index (κ3) is 0.960. The Morgan fingerprint density at radius 1 is 1.64 bits per heavy atom. The Morgan fingerprint density at radius 3 is 3.27 bits per heavy atom. The summed E-state index contributed by atoms with van der Waals surface area (Å²) in [5.74, 6) is 0.664. The van der Waals surface area contributed by atoms with E-state index in [1.165, 1.54) is 6.33 Å². The molecule has 0 aliphatic rings. The van der Waals surface area contributed by atoms with Crippen LogP contribution in [0.15, 0.2) is 12.7 Å². The Hall–Kier alpha value is -1.45. The van der Waals surface area contributed by atoms with Gasteiger partial charge in [-0.3, -0.25) is 4.40 Å². The quantitative estimate of drug-likeness (QED) is 0.589. The van der Waals surface area contributed by atoms with E-state index in [4.69, 9.17) is 0 Å². The number of fused-ring (bicyclic) bond motifs is 1. The summed E-state index contributed by atoms with van der Waals surface area (Å²) >= 11 is 0. The van der Waals surface area contributed by atoms with Crippen LogP contribution < -0.4 is 0 Å². The van der Waals surface area contributed by atoms with Gasteiger partial charge < -0.3 is 0 Å². The molecule has 0 N–H and O–H groups in total. The van der Waals surface area contributed by atoms with Crippen LogP contribution in [0.1, 0.15) is 12.6 Å². The molecule has 0 spiro atoms. The first-order chi connectivity index (χ1) is 5.40. The van der Waals surface area contributed by atoms with Gasteiger partial charge in [0.25, 0.3) is 0 Å². The molecule has 0 aliphatic heterocycles. The van der Waals surface area contributed by atoms with Gasteiger partial charge >= 0.3 is 0 Å². The maximum absolute atomic E-state index is 4.19. The number of hydrogen-bond acceptors (Lipinski definition) is 3. The average Bonchev–Trinajstić information content (AvgIpc) is 2.46. The molecule has 0 saturated heterocycles. The summed E-state index contributed by atoms with van der Waals surface area (Å²) in [7, 11) is 0. The van der Waals surface area contributed by atoms with Crippen molar-refractivity contribution >= 4 is 5.78 Å². The number of aromatic nitrogens is 4. The second kappa shape index (κ2) is 2.30. The first-order valence-corrected chi connectivity index (χ1v) is 3.46. The smallest absolute Gasteiger partial charge is 0.237 e. The Kier molecular flexibility index (Phi) is 1.31. The minimum Gasteiger partial charge on any atom is -0.265 e. The van der Waals surface area contributed by atoms with Gasteiger partial charge in [0.15, 0.2) is 0 Å². The molecular weight excluding hydrogens is 140 g/mol. The van der Waals surface area contributed by atoms with Gasteiger partial charge in [-0.05, 0) is 6.42 Å². The molecule has 0 amide bonds. The Morgan fingerprint density at radius 2 is 2.55 bits per heavy atom. The minimum absolute atomic E-state index is 0.664. The molecule has 0 atom stereocenters. The van der Waals surface area contributed by atoms with Gasteiger partial charge in [0, 0.05) is 0 Å². The van der Waals surface area contributed by atoms with Crippen LogP contribution >= 0.6 is 0 Å².